The summed E-state index contributed by atoms with van der Waals surface area (Å²) in [5, 5.41) is 0. The fourth-order valence-electron chi connectivity index (χ4n) is 1.83. The highest BCUT2D eigenvalue weighted by atomic mass is 79.9. The first kappa shape index (κ1) is 13.9. The molecule has 0 amide bonds. The van der Waals surface area contributed by atoms with Gasteiger partial charge in [0.1, 0.15) is 5.75 Å². The van der Waals surface area contributed by atoms with Crippen LogP contribution in [0.2, 0.25) is 0 Å². The lowest BCUT2D eigenvalue weighted by Gasteiger charge is -2.09. The van der Waals surface area contributed by atoms with E-state index in [0.29, 0.717) is 11.4 Å². The highest BCUT2D eigenvalue weighted by Crippen LogP contribution is 2.30. The standard InChI is InChI=1S/C16H18BrNO/c1-2-3-4-12-5-8-14(9-6-12)19-16-11-13(17)7-10-15(16)18/h5-11H,2-4,18H2,1H3. The summed E-state index contributed by atoms with van der Waals surface area (Å²) >= 11 is 3.41. The largest absolute Gasteiger partial charge is 0.455 e. The number of nitrogen functional groups attached to an aromatic ring is 1. The maximum absolute atomic E-state index is 5.89. The highest BCUT2D eigenvalue weighted by molar-refractivity contribution is 9.10. The van der Waals surface area contributed by atoms with Crippen LogP contribution >= 0.6 is 15.9 Å². The van der Waals surface area contributed by atoms with Crippen LogP contribution in [0.1, 0.15) is 25.3 Å². The summed E-state index contributed by atoms with van der Waals surface area (Å²) in [7, 11) is 0. The zero-order valence-electron chi connectivity index (χ0n) is 11.0. The minimum Gasteiger partial charge on any atom is -0.455 e. The molecular formula is C16H18BrNO. The number of ether oxygens (including phenoxy) is 1. The molecule has 0 saturated heterocycles. The number of halogens is 1. The van der Waals surface area contributed by atoms with Crippen molar-refractivity contribution in [2.75, 3.05) is 5.73 Å². The van der Waals surface area contributed by atoms with Gasteiger partial charge < -0.3 is 10.5 Å². The molecule has 0 fully saturated rings. The van der Waals surface area contributed by atoms with Gasteiger partial charge in [-0.15, -0.1) is 0 Å². The molecule has 0 radical (unpaired) electrons. The molecule has 0 heterocycles. The van der Waals surface area contributed by atoms with Crippen molar-refractivity contribution in [1.82, 2.24) is 0 Å². The quantitative estimate of drug-likeness (QED) is 0.772. The molecule has 3 heteroatoms. The summed E-state index contributed by atoms with van der Waals surface area (Å²) in [4.78, 5) is 0. The van der Waals surface area contributed by atoms with Crippen LogP contribution in [0.15, 0.2) is 46.9 Å². The third-order valence-electron chi connectivity index (χ3n) is 2.95. The number of hydrogen-bond donors (Lipinski definition) is 1. The first-order chi connectivity index (χ1) is 9.19. The van der Waals surface area contributed by atoms with Gasteiger partial charge in [0.25, 0.3) is 0 Å². The molecule has 0 saturated carbocycles. The van der Waals surface area contributed by atoms with Crippen molar-refractivity contribution in [1.29, 1.82) is 0 Å². The molecule has 100 valence electrons. The minimum atomic E-state index is 0.637. The van der Waals surface area contributed by atoms with Gasteiger partial charge >= 0.3 is 0 Å². The lowest BCUT2D eigenvalue weighted by Crippen LogP contribution is -1.92. The average Bonchev–Trinajstić information content (AvgIpc) is 2.42. The Balaban J connectivity index is 2.08. The van der Waals surface area contributed by atoms with Crippen LogP contribution in [-0.2, 0) is 6.42 Å². The van der Waals surface area contributed by atoms with Crippen molar-refractivity contribution in [2.45, 2.75) is 26.2 Å². The van der Waals surface area contributed by atoms with E-state index in [1.54, 1.807) is 0 Å². The monoisotopic (exact) mass is 319 g/mol. The van der Waals surface area contributed by atoms with Gasteiger partial charge in [-0.25, -0.2) is 0 Å². The summed E-state index contributed by atoms with van der Waals surface area (Å²) in [5.41, 5.74) is 7.87. The number of hydrogen-bond acceptors (Lipinski definition) is 2. The molecule has 2 rings (SSSR count). The van der Waals surface area contributed by atoms with E-state index in [-0.39, 0.29) is 0 Å². The molecule has 0 spiro atoms. The Kier molecular flexibility index (Phi) is 4.86. The second-order valence-corrected chi connectivity index (χ2v) is 5.45. The molecular weight excluding hydrogens is 302 g/mol. The van der Waals surface area contributed by atoms with Crippen molar-refractivity contribution in [3.8, 4) is 11.5 Å². The SMILES string of the molecule is CCCCc1ccc(Oc2cc(Br)ccc2N)cc1. The fourth-order valence-corrected chi connectivity index (χ4v) is 2.17. The van der Waals surface area contributed by atoms with E-state index in [1.807, 2.05) is 30.3 Å². The molecule has 0 aliphatic carbocycles. The Morgan fingerprint density at radius 3 is 2.53 bits per heavy atom. The number of nitrogens with two attached hydrogens (primary N) is 1. The maximum Gasteiger partial charge on any atom is 0.151 e. The van der Waals surface area contributed by atoms with Crippen molar-refractivity contribution in [3.63, 3.8) is 0 Å². The van der Waals surface area contributed by atoms with Gasteiger partial charge in [-0.05, 0) is 48.7 Å². The summed E-state index contributed by atoms with van der Waals surface area (Å²) in [6.07, 6.45) is 3.56. The summed E-state index contributed by atoms with van der Waals surface area (Å²) in [6.45, 7) is 2.20. The molecule has 2 aromatic rings. The first-order valence-corrected chi connectivity index (χ1v) is 7.30. The van der Waals surface area contributed by atoms with Crippen LogP contribution in [0.4, 0.5) is 5.69 Å². The van der Waals surface area contributed by atoms with Gasteiger partial charge in [0.2, 0.25) is 0 Å². The number of aryl methyl sites for hydroxylation is 1. The van der Waals surface area contributed by atoms with Crippen LogP contribution in [0, 0.1) is 0 Å². The Labute approximate surface area is 122 Å². The van der Waals surface area contributed by atoms with Crippen molar-refractivity contribution in [2.24, 2.45) is 0 Å². The molecule has 2 nitrogen and oxygen atoms in total. The zero-order chi connectivity index (χ0) is 13.7. The minimum absolute atomic E-state index is 0.637. The van der Waals surface area contributed by atoms with Crippen molar-refractivity contribution < 1.29 is 4.74 Å². The third-order valence-corrected chi connectivity index (χ3v) is 3.44. The van der Waals surface area contributed by atoms with Gasteiger partial charge in [-0.3, -0.25) is 0 Å². The normalized spacial score (nSPS) is 10.4. The smallest absolute Gasteiger partial charge is 0.151 e. The predicted molar refractivity (Wildman–Crippen MR) is 83.7 cm³/mol. The van der Waals surface area contributed by atoms with E-state index in [2.05, 4.69) is 35.0 Å². The lowest BCUT2D eigenvalue weighted by atomic mass is 10.1. The van der Waals surface area contributed by atoms with Gasteiger partial charge in [0.15, 0.2) is 5.75 Å². The van der Waals surface area contributed by atoms with Gasteiger partial charge in [0, 0.05) is 4.47 Å². The molecule has 2 aromatic carbocycles. The van der Waals surface area contributed by atoms with Gasteiger partial charge in [-0.2, -0.15) is 0 Å². The predicted octanol–water partition coefficient (Wildman–Crippen LogP) is 5.17. The van der Waals surface area contributed by atoms with Crippen molar-refractivity contribution in [3.05, 3.63) is 52.5 Å². The zero-order valence-corrected chi connectivity index (χ0v) is 12.6. The topological polar surface area (TPSA) is 35.2 Å². The maximum atomic E-state index is 5.89. The Morgan fingerprint density at radius 2 is 1.84 bits per heavy atom. The van der Waals surface area contributed by atoms with E-state index >= 15 is 0 Å². The Bertz CT molecular complexity index is 537. The number of unbranched alkanes of at least 4 members (excludes halogenated alkanes) is 1. The Morgan fingerprint density at radius 1 is 1.11 bits per heavy atom. The molecule has 2 N–H and O–H groups in total. The average molecular weight is 320 g/mol. The Hall–Kier alpha value is -1.48. The summed E-state index contributed by atoms with van der Waals surface area (Å²) in [5.74, 6) is 1.49. The molecule has 19 heavy (non-hydrogen) atoms. The number of anilines is 1. The van der Waals surface area contributed by atoms with Crippen LogP contribution in [0.25, 0.3) is 0 Å². The summed E-state index contributed by atoms with van der Waals surface area (Å²) < 4.78 is 6.75. The van der Waals surface area contributed by atoms with E-state index in [0.717, 1.165) is 16.6 Å². The van der Waals surface area contributed by atoms with Crippen LogP contribution < -0.4 is 10.5 Å². The van der Waals surface area contributed by atoms with Crippen molar-refractivity contribution >= 4 is 21.6 Å². The first-order valence-electron chi connectivity index (χ1n) is 6.51. The molecule has 0 bridgehead atoms. The van der Waals surface area contributed by atoms with Gasteiger partial charge in [-0.1, -0.05) is 41.4 Å². The van der Waals surface area contributed by atoms with E-state index in [1.165, 1.54) is 18.4 Å². The molecule has 0 aliphatic heterocycles. The highest BCUT2D eigenvalue weighted by Gasteiger charge is 2.03. The molecule has 0 unspecified atom stereocenters. The van der Waals surface area contributed by atoms with E-state index < -0.39 is 0 Å². The molecule has 0 aliphatic rings. The molecule has 0 aromatic heterocycles. The van der Waals surface area contributed by atoms with Crippen LogP contribution in [0.5, 0.6) is 11.5 Å². The van der Waals surface area contributed by atoms with E-state index in [4.69, 9.17) is 10.5 Å². The van der Waals surface area contributed by atoms with E-state index in [9.17, 15) is 0 Å². The summed E-state index contributed by atoms with van der Waals surface area (Å²) in [6, 6.07) is 13.8. The van der Waals surface area contributed by atoms with Gasteiger partial charge in [0.05, 0.1) is 5.69 Å². The lowest BCUT2D eigenvalue weighted by molar-refractivity contribution is 0.484. The number of rotatable bonds is 5. The number of benzene rings is 2. The second-order valence-electron chi connectivity index (χ2n) is 4.53. The van der Waals surface area contributed by atoms with Crippen LogP contribution in [0.3, 0.4) is 0 Å². The second kappa shape index (κ2) is 6.62. The fraction of sp³-hybridized carbons (Fsp3) is 0.250. The van der Waals surface area contributed by atoms with Crippen LogP contribution in [-0.4, -0.2) is 0 Å². The molecule has 0 atom stereocenters. The third kappa shape index (κ3) is 4.00.